The molecule has 0 amide bonds. The summed E-state index contributed by atoms with van der Waals surface area (Å²) in [7, 11) is 3.84. The third-order valence-electron chi connectivity index (χ3n) is 4.35. The first kappa shape index (κ1) is 22.6. The second-order valence-corrected chi connectivity index (χ2v) is 7.10. The maximum atomic E-state index is 6.31. The number of benzene rings is 1. The van der Waals surface area contributed by atoms with Gasteiger partial charge in [0, 0.05) is 39.9 Å². The smallest absolute Gasteiger partial charge is 0.191 e. The molecule has 0 radical (unpaired) electrons. The number of guanidine groups is 1. The molecular formula is C20H33ClN4O3. The number of ether oxygens (including phenoxy) is 3. The summed E-state index contributed by atoms with van der Waals surface area (Å²) in [4.78, 5) is 6.92. The zero-order chi connectivity index (χ0) is 20.2. The highest BCUT2D eigenvalue weighted by Crippen LogP contribution is 2.38. The van der Waals surface area contributed by atoms with Crippen LogP contribution in [0.4, 0.5) is 0 Å². The predicted molar refractivity (Wildman–Crippen MR) is 114 cm³/mol. The van der Waals surface area contributed by atoms with E-state index < -0.39 is 0 Å². The van der Waals surface area contributed by atoms with E-state index in [4.69, 9.17) is 25.8 Å². The van der Waals surface area contributed by atoms with E-state index in [0.29, 0.717) is 24.0 Å². The number of likely N-dealkylation sites (N-methyl/N-ethyl adjacent to an activating group) is 1. The summed E-state index contributed by atoms with van der Waals surface area (Å²) in [5, 5.41) is 7.27. The van der Waals surface area contributed by atoms with Crippen molar-refractivity contribution in [3.8, 4) is 11.5 Å². The molecule has 1 aromatic rings. The van der Waals surface area contributed by atoms with Crippen molar-refractivity contribution in [2.24, 2.45) is 4.99 Å². The van der Waals surface area contributed by atoms with Gasteiger partial charge in [-0.05, 0) is 44.5 Å². The lowest BCUT2D eigenvalue weighted by Crippen LogP contribution is -2.39. The maximum Gasteiger partial charge on any atom is 0.191 e. The quantitative estimate of drug-likeness (QED) is 0.330. The zero-order valence-corrected chi connectivity index (χ0v) is 18.0. The van der Waals surface area contributed by atoms with Crippen molar-refractivity contribution in [3.63, 3.8) is 0 Å². The lowest BCUT2D eigenvalue weighted by molar-refractivity contribution is 0.171. The van der Waals surface area contributed by atoms with Crippen LogP contribution in [0.1, 0.15) is 18.9 Å². The molecule has 2 N–H and O–H groups in total. The van der Waals surface area contributed by atoms with Crippen LogP contribution >= 0.6 is 11.6 Å². The third kappa shape index (κ3) is 7.73. The molecule has 1 aromatic carbocycles. The Morgan fingerprint density at radius 3 is 2.86 bits per heavy atom. The highest BCUT2D eigenvalue weighted by molar-refractivity contribution is 6.32. The van der Waals surface area contributed by atoms with Gasteiger partial charge in [-0.25, -0.2) is 0 Å². The number of aliphatic imine (C=N–C) groups is 1. The number of nitrogens with one attached hydrogen (secondary N) is 2. The molecule has 0 aliphatic carbocycles. The summed E-state index contributed by atoms with van der Waals surface area (Å²) < 4.78 is 16.3. The third-order valence-corrected chi connectivity index (χ3v) is 4.63. The molecule has 0 atom stereocenters. The highest BCUT2D eigenvalue weighted by atomic mass is 35.5. The van der Waals surface area contributed by atoms with E-state index in [1.807, 2.05) is 12.1 Å². The highest BCUT2D eigenvalue weighted by Gasteiger charge is 2.16. The summed E-state index contributed by atoms with van der Waals surface area (Å²) in [6.07, 6.45) is 1.85. The van der Waals surface area contributed by atoms with Gasteiger partial charge in [0.1, 0.15) is 13.2 Å². The molecule has 0 saturated heterocycles. The number of hydrogen-bond acceptors (Lipinski definition) is 5. The first-order chi connectivity index (χ1) is 13.6. The molecule has 2 rings (SSSR count). The van der Waals surface area contributed by atoms with Gasteiger partial charge in [-0.3, -0.25) is 4.99 Å². The molecule has 0 saturated carbocycles. The topological polar surface area (TPSA) is 67.4 Å². The molecular weight excluding hydrogens is 380 g/mol. The first-order valence-electron chi connectivity index (χ1n) is 9.91. The lowest BCUT2D eigenvalue weighted by Gasteiger charge is -2.20. The van der Waals surface area contributed by atoms with E-state index in [0.717, 1.165) is 69.4 Å². The van der Waals surface area contributed by atoms with Gasteiger partial charge < -0.3 is 29.7 Å². The van der Waals surface area contributed by atoms with Gasteiger partial charge >= 0.3 is 0 Å². The Balaban J connectivity index is 1.78. The van der Waals surface area contributed by atoms with Crippen LogP contribution in [0, 0.1) is 0 Å². The summed E-state index contributed by atoms with van der Waals surface area (Å²) in [6, 6.07) is 3.94. The van der Waals surface area contributed by atoms with Crippen LogP contribution in [0.15, 0.2) is 17.1 Å². The fourth-order valence-corrected chi connectivity index (χ4v) is 3.19. The SMILES string of the molecule is CCNC(=NCCN(C)CCCOC)NCCc1cc(Cl)c2c(c1)OCCO2. The van der Waals surface area contributed by atoms with E-state index in [9.17, 15) is 0 Å². The number of halogens is 1. The Bertz CT molecular complexity index is 628. The molecule has 0 spiro atoms. The van der Waals surface area contributed by atoms with E-state index in [1.54, 1.807) is 7.11 Å². The average molecular weight is 413 g/mol. The minimum absolute atomic E-state index is 0.539. The summed E-state index contributed by atoms with van der Waals surface area (Å²) in [6.45, 7) is 8.21. The van der Waals surface area contributed by atoms with Crippen LogP contribution in [0.25, 0.3) is 0 Å². The van der Waals surface area contributed by atoms with Crippen molar-refractivity contribution < 1.29 is 14.2 Å². The molecule has 28 heavy (non-hydrogen) atoms. The molecule has 0 bridgehead atoms. The Morgan fingerprint density at radius 1 is 1.25 bits per heavy atom. The van der Waals surface area contributed by atoms with Gasteiger partial charge in [0.2, 0.25) is 0 Å². The van der Waals surface area contributed by atoms with Crippen LogP contribution in [-0.2, 0) is 11.2 Å². The lowest BCUT2D eigenvalue weighted by atomic mass is 10.1. The van der Waals surface area contributed by atoms with Crippen LogP contribution in [0.5, 0.6) is 11.5 Å². The Labute approximate surface area is 173 Å². The molecule has 0 fully saturated rings. The maximum absolute atomic E-state index is 6.31. The summed E-state index contributed by atoms with van der Waals surface area (Å²) >= 11 is 6.31. The minimum Gasteiger partial charge on any atom is -0.486 e. The molecule has 0 unspecified atom stereocenters. The summed E-state index contributed by atoms with van der Waals surface area (Å²) in [5.74, 6) is 2.21. The van der Waals surface area contributed by atoms with Crippen LogP contribution in [0.2, 0.25) is 5.02 Å². The largest absolute Gasteiger partial charge is 0.486 e. The molecule has 7 nitrogen and oxygen atoms in total. The van der Waals surface area contributed by atoms with Crippen LogP contribution < -0.4 is 20.1 Å². The van der Waals surface area contributed by atoms with Crippen molar-refractivity contribution in [1.29, 1.82) is 0 Å². The van der Waals surface area contributed by atoms with E-state index >= 15 is 0 Å². The summed E-state index contributed by atoms with van der Waals surface area (Å²) in [5.41, 5.74) is 1.11. The molecule has 1 heterocycles. The minimum atomic E-state index is 0.539. The second kappa shape index (κ2) is 12.7. The average Bonchev–Trinajstić information content (AvgIpc) is 2.68. The number of rotatable bonds is 11. The van der Waals surface area contributed by atoms with Crippen molar-refractivity contribution in [3.05, 3.63) is 22.7 Å². The van der Waals surface area contributed by atoms with Crippen molar-refractivity contribution >= 4 is 17.6 Å². The van der Waals surface area contributed by atoms with E-state index in [2.05, 4.69) is 34.5 Å². The van der Waals surface area contributed by atoms with E-state index in [1.165, 1.54) is 0 Å². The molecule has 8 heteroatoms. The number of nitrogens with zero attached hydrogens (tertiary/aromatic N) is 2. The Morgan fingerprint density at radius 2 is 2.07 bits per heavy atom. The fraction of sp³-hybridized carbons (Fsp3) is 0.650. The number of fused-ring (bicyclic) bond motifs is 1. The van der Waals surface area contributed by atoms with Crippen LogP contribution in [0.3, 0.4) is 0 Å². The molecule has 0 aromatic heterocycles. The fourth-order valence-electron chi connectivity index (χ4n) is 2.90. The van der Waals surface area contributed by atoms with Gasteiger partial charge in [-0.2, -0.15) is 0 Å². The van der Waals surface area contributed by atoms with Gasteiger partial charge in [0.15, 0.2) is 17.5 Å². The van der Waals surface area contributed by atoms with Crippen LogP contribution in [-0.4, -0.2) is 77.6 Å². The van der Waals surface area contributed by atoms with Crippen molar-refractivity contribution in [1.82, 2.24) is 15.5 Å². The molecule has 1 aliphatic rings. The first-order valence-corrected chi connectivity index (χ1v) is 10.3. The Hall–Kier alpha value is -1.70. The van der Waals surface area contributed by atoms with Gasteiger partial charge in [0.25, 0.3) is 0 Å². The van der Waals surface area contributed by atoms with Gasteiger partial charge in [-0.15, -0.1) is 0 Å². The second-order valence-electron chi connectivity index (χ2n) is 6.69. The molecule has 158 valence electrons. The zero-order valence-electron chi connectivity index (χ0n) is 17.2. The predicted octanol–water partition coefficient (Wildman–Crippen LogP) is 2.18. The standard InChI is InChI=1S/C20H33ClN4O3/c1-4-22-20(24-8-10-25(2)9-5-11-26-3)23-7-6-16-14-17(21)19-18(15-16)27-12-13-28-19/h14-15H,4-13H2,1-3H3,(H2,22,23,24). The monoisotopic (exact) mass is 412 g/mol. The van der Waals surface area contributed by atoms with Gasteiger partial charge in [0.05, 0.1) is 11.6 Å². The van der Waals surface area contributed by atoms with Gasteiger partial charge in [-0.1, -0.05) is 11.6 Å². The number of methoxy groups -OCH3 is 1. The van der Waals surface area contributed by atoms with Crippen molar-refractivity contribution in [2.45, 2.75) is 19.8 Å². The normalized spacial score (nSPS) is 13.7. The van der Waals surface area contributed by atoms with E-state index in [-0.39, 0.29) is 0 Å². The van der Waals surface area contributed by atoms with Crippen molar-refractivity contribution in [2.75, 3.05) is 66.7 Å². The Kier molecular flexibility index (Phi) is 10.2. The number of hydrogen-bond donors (Lipinski definition) is 2. The molecule has 1 aliphatic heterocycles.